The molecular weight excluding hydrogens is 268 g/mol. The van der Waals surface area contributed by atoms with Gasteiger partial charge in [0.2, 0.25) is 0 Å². The number of nitrogens with zero attached hydrogens (tertiary/aromatic N) is 3. The van der Waals surface area contributed by atoms with E-state index in [9.17, 15) is 0 Å². The van der Waals surface area contributed by atoms with Crippen LogP contribution in [0.15, 0.2) is 0 Å². The molecule has 0 amide bonds. The van der Waals surface area contributed by atoms with Gasteiger partial charge in [0, 0.05) is 30.6 Å². The molecule has 0 aliphatic carbocycles. The van der Waals surface area contributed by atoms with E-state index in [0.717, 1.165) is 26.1 Å². The van der Waals surface area contributed by atoms with Crippen molar-refractivity contribution in [2.75, 3.05) is 39.1 Å². The smallest absolute Gasteiger partial charge is 0.185 e. The van der Waals surface area contributed by atoms with Crippen molar-refractivity contribution in [3.05, 3.63) is 10.6 Å². The Balaban J connectivity index is 2.16. The van der Waals surface area contributed by atoms with E-state index in [1.165, 1.54) is 22.1 Å². The summed E-state index contributed by atoms with van der Waals surface area (Å²) in [5, 5.41) is 4.50. The van der Waals surface area contributed by atoms with Gasteiger partial charge < -0.3 is 15.1 Å². The predicted octanol–water partition coefficient (Wildman–Crippen LogP) is 2.52. The van der Waals surface area contributed by atoms with E-state index in [1.54, 1.807) is 0 Å². The Hall–Kier alpha value is -0.650. The van der Waals surface area contributed by atoms with Crippen LogP contribution in [0.3, 0.4) is 0 Å². The molecule has 4 nitrogen and oxygen atoms in total. The lowest BCUT2D eigenvalue weighted by atomic mass is 10.0. The van der Waals surface area contributed by atoms with Crippen molar-refractivity contribution in [1.82, 2.24) is 15.2 Å². The molecule has 20 heavy (non-hydrogen) atoms. The normalized spacial score (nSPS) is 20.9. The summed E-state index contributed by atoms with van der Waals surface area (Å²) in [5.74, 6) is 0.551. The summed E-state index contributed by atoms with van der Waals surface area (Å²) >= 11 is 1.87. The molecule has 2 heterocycles. The molecule has 0 bridgehead atoms. The van der Waals surface area contributed by atoms with E-state index >= 15 is 0 Å². The first-order chi connectivity index (χ1) is 9.56. The van der Waals surface area contributed by atoms with Crippen molar-refractivity contribution in [2.24, 2.45) is 0 Å². The number of hydrogen-bond acceptors (Lipinski definition) is 5. The molecule has 0 aromatic carbocycles. The maximum Gasteiger partial charge on any atom is 0.185 e. The van der Waals surface area contributed by atoms with Crippen molar-refractivity contribution in [3.63, 3.8) is 0 Å². The van der Waals surface area contributed by atoms with Crippen molar-refractivity contribution in [1.29, 1.82) is 0 Å². The Kier molecular flexibility index (Phi) is 5.41. The molecule has 2 unspecified atom stereocenters. The fraction of sp³-hybridized carbons (Fsp3) is 0.800. The van der Waals surface area contributed by atoms with Crippen LogP contribution in [0.2, 0.25) is 0 Å². The van der Waals surface area contributed by atoms with Crippen LogP contribution in [0.1, 0.15) is 43.2 Å². The van der Waals surface area contributed by atoms with E-state index in [2.05, 4.69) is 43.1 Å². The molecular formula is C15H28N4S. The zero-order chi connectivity index (χ0) is 14.7. The Morgan fingerprint density at radius 3 is 2.80 bits per heavy atom. The quantitative estimate of drug-likeness (QED) is 0.874. The standard InChI is InChI=1S/C15H28N4S/c1-6-11(2)14-13(9-16-3)20-15(17-14)19-8-7-12(10-19)18(4)5/h11-12,16H,6-10H2,1-5H3. The summed E-state index contributed by atoms with van der Waals surface area (Å²) in [7, 11) is 6.36. The summed E-state index contributed by atoms with van der Waals surface area (Å²) in [4.78, 5) is 11.2. The van der Waals surface area contributed by atoms with E-state index in [-0.39, 0.29) is 0 Å². The summed E-state index contributed by atoms with van der Waals surface area (Å²) in [6.45, 7) is 7.70. The first-order valence-electron chi connectivity index (χ1n) is 7.62. The Morgan fingerprint density at radius 2 is 2.25 bits per heavy atom. The van der Waals surface area contributed by atoms with Gasteiger partial charge in [-0.2, -0.15) is 0 Å². The zero-order valence-corrected chi connectivity index (χ0v) is 14.3. The molecule has 0 spiro atoms. The summed E-state index contributed by atoms with van der Waals surface area (Å²) in [5.41, 5.74) is 1.30. The lowest BCUT2D eigenvalue weighted by Gasteiger charge is -2.19. The molecule has 1 aliphatic heterocycles. The highest BCUT2D eigenvalue weighted by atomic mass is 32.1. The fourth-order valence-corrected chi connectivity index (χ4v) is 3.92. The third-order valence-electron chi connectivity index (χ3n) is 4.30. The molecule has 0 radical (unpaired) electrons. The van der Waals surface area contributed by atoms with E-state index in [4.69, 9.17) is 4.98 Å². The van der Waals surface area contributed by atoms with E-state index in [1.807, 2.05) is 18.4 Å². The molecule has 2 rings (SSSR count). The largest absolute Gasteiger partial charge is 0.346 e. The van der Waals surface area contributed by atoms with Crippen LogP contribution in [-0.2, 0) is 6.54 Å². The molecule has 1 fully saturated rings. The number of likely N-dealkylation sites (N-methyl/N-ethyl adjacent to an activating group) is 1. The van der Waals surface area contributed by atoms with Gasteiger partial charge in [-0.15, -0.1) is 11.3 Å². The molecule has 1 aromatic heterocycles. The van der Waals surface area contributed by atoms with Crippen LogP contribution in [0.5, 0.6) is 0 Å². The molecule has 114 valence electrons. The highest BCUT2D eigenvalue weighted by Gasteiger charge is 2.27. The van der Waals surface area contributed by atoms with Gasteiger partial charge in [-0.3, -0.25) is 0 Å². The third kappa shape index (κ3) is 3.32. The molecule has 2 atom stereocenters. The number of aromatic nitrogens is 1. The second-order valence-corrected chi connectivity index (χ2v) is 7.06. The lowest BCUT2D eigenvalue weighted by Crippen LogP contribution is -2.31. The highest BCUT2D eigenvalue weighted by molar-refractivity contribution is 7.15. The molecule has 0 saturated carbocycles. The van der Waals surface area contributed by atoms with Gasteiger partial charge in [0.15, 0.2) is 5.13 Å². The minimum absolute atomic E-state index is 0.551. The zero-order valence-electron chi connectivity index (χ0n) is 13.4. The second kappa shape index (κ2) is 6.87. The molecule has 1 saturated heterocycles. The second-order valence-electron chi connectivity index (χ2n) is 6.00. The topological polar surface area (TPSA) is 31.4 Å². The lowest BCUT2D eigenvalue weighted by molar-refractivity contribution is 0.315. The van der Waals surface area contributed by atoms with Crippen LogP contribution < -0.4 is 10.2 Å². The number of hydrogen-bond donors (Lipinski definition) is 1. The van der Waals surface area contributed by atoms with Gasteiger partial charge in [0.1, 0.15) is 0 Å². The number of rotatable bonds is 6. The first kappa shape index (κ1) is 15.7. The number of thiazole rings is 1. The van der Waals surface area contributed by atoms with Crippen molar-refractivity contribution < 1.29 is 0 Å². The Labute approximate surface area is 127 Å². The van der Waals surface area contributed by atoms with Gasteiger partial charge in [-0.25, -0.2) is 4.98 Å². The van der Waals surface area contributed by atoms with Gasteiger partial charge in [0.05, 0.1) is 5.69 Å². The first-order valence-corrected chi connectivity index (χ1v) is 8.44. The molecule has 1 aromatic rings. The SMILES string of the molecule is CCC(C)c1nc(N2CCC(N(C)C)C2)sc1CNC. The maximum atomic E-state index is 4.96. The van der Waals surface area contributed by atoms with Gasteiger partial charge in [0.25, 0.3) is 0 Å². The van der Waals surface area contributed by atoms with Crippen LogP contribution in [0, 0.1) is 0 Å². The fourth-order valence-electron chi connectivity index (χ4n) is 2.69. The van der Waals surface area contributed by atoms with Crippen molar-refractivity contribution >= 4 is 16.5 Å². The molecule has 1 N–H and O–H groups in total. The van der Waals surface area contributed by atoms with Crippen molar-refractivity contribution in [3.8, 4) is 0 Å². The van der Waals surface area contributed by atoms with Gasteiger partial charge in [-0.1, -0.05) is 13.8 Å². The summed E-state index contributed by atoms with van der Waals surface area (Å²) in [6, 6.07) is 0.665. The average molecular weight is 296 g/mol. The average Bonchev–Trinajstić information content (AvgIpc) is 3.04. The van der Waals surface area contributed by atoms with Crippen LogP contribution in [0.4, 0.5) is 5.13 Å². The van der Waals surface area contributed by atoms with Gasteiger partial charge >= 0.3 is 0 Å². The predicted molar refractivity (Wildman–Crippen MR) is 87.9 cm³/mol. The summed E-state index contributed by atoms with van der Waals surface area (Å²) < 4.78 is 0. The van der Waals surface area contributed by atoms with Crippen molar-refractivity contribution in [2.45, 2.75) is 45.2 Å². The Bertz CT molecular complexity index is 430. The minimum Gasteiger partial charge on any atom is -0.346 e. The monoisotopic (exact) mass is 296 g/mol. The van der Waals surface area contributed by atoms with Gasteiger partial charge in [-0.05, 0) is 39.9 Å². The van der Waals surface area contributed by atoms with Crippen LogP contribution in [0.25, 0.3) is 0 Å². The van der Waals surface area contributed by atoms with Crippen LogP contribution in [-0.4, -0.2) is 50.2 Å². The number of nitrogens with one attached hydrogen (secondary N) is 1. The number of anilines is 1. The highest BCUT2D eigenvalue weighted by Crippen LogP contribution is 2.34. The Morgan fingerprint density at radius 1 is 1.50 bits per heavy atom. The third-order valence-corrected chi connectivity index (χ3v) is 5.43. The molecule has 5 heteroatoms. The summed E-state index contributed by atoms with van der Waals surface area (Å²) in [6.07, 6.45) is 2.40. The van der Waals surface area contributed by atoms with Crippen LogP contribution >= 0.6 is 11.3 Å². The van der Waals surface area contributed by atoms with E-state index in [0.29, 0.717) is 12.0 Å². The van der Waals surface area contributed by atoms with E-state index < -0.39 is 0 Å². The minimum atomic E-state index is 0.551. The molecule has 1 aliphatic rings. The maximum absolute atomic E-state index is 4.96.